The minimum absolute atomic E-state index is 0.0582. The second kappa shape index (κ2) is 8.67. The highest BCUT2D eigenvalue weighted by Crippen LogP contribution is 2.28. The lowest BCUT2D eigenvalue weighted by molar-refractivity contribution is -0.142. The molecule has 0 saturated carbocycles. The first-order valence-electron chi connectivity index (χ1n) is 10.2. The van der Waals surface area contributed by atoms with E-state index in [4.69, 9.17) is 9.47 Å². The van der Waals surface area contributed by atoms with Crippen LogP contribution in [0.5, 0.6) is 0 Å². The quantitative estimate of drug-likeness (QED) is 0.810. The fourth-order valence-corrected chi connectivity index (χ4v) is 4.59. The summed E-state index contributed by atoms with van der Waals surface area (Å²) in [6.45, 7) is 5.42. The molecule has 0 spiro atoms. The van der Waals surface area contributed by atoms with Gasteiger partial charge in [0.2, 0.25) is 5.91 Å². The minimum atomic E-state index is -0.199. The van der Waals surface area contributed by atoms with E-state index in [2.05, 4.69) is 4.90 Å². The topological polar surface area (TPSA) is 42.0 Å². The number of benzene rings is 1. The van der Waals surface area contributed by atoms with Gasteiger partial charge in [-0.15, -0.1) is 0 Å². The molecule has 1 unspecified atom stereocenters. The van der Waals surface area contributed by atoms with Crippen LogP contribution in [0.3, 0.4) is 0 Å². The van der Waals surface area contributed by atoms with E-state index in [1.54, 1.807) is 12.1 Å². The maximum Gasteiger partial charge on any atom is 0.226 e. The Morgan fingerprint density at radius 3 is 2.63 bits per heavy atom. The van der Waals surface area contributed by atoms with Gasteiger partial charge in [-0.2, -0.15) is 0 Å². The highest BCUT2D eigenvalue weighted by atomic mass is 19.1. The van der Waals surface area contributed by atoms with Crippen LogP contribution in [0.4, 0.5) is 4.39 Å². The van der Waals surface area contributed by atoms with E-state index in [9.17, 15) is 9.18 Å². The molecule has 5 nitrogen and oxygen atoms in total. The van der Waals surface area contributed by atoms with Gasteiger partial charge in [0, 0.05) is 32.1 Å². The van der Waals surface area contributed by atoms with Crippen LogP contribution < -0.4 is 0 Å². The fourth-order valence-electron chi connectivity index (χ4n) is 4.59. The van der Waals surface area contributed by atoms with Crippen LogP contribution in [0.1, 0.15) is 31.2 Å². The highest BCUT2D eigenvalue weighted by Gasteiger charge is 2.35. The van der Waals surface area contributed by atoms with Gasteiger partial charge in [0.15, 0.2) is 6.29 Å². The number of piperidine rings is 2. The molecule has 1 aromatic carbocycles. The lowest BCUT2D eigenvalue weighted by atomic mass is 9.92. The van der Waals surface area contributed by atoms with Crippen molar-refractivity contribution in [3.05, 3.63) is 35.6 Å². The highest BCUT2D eigenvalue weighted by molar-refractivity contribution is 5.79. The second-order valence-corrected chi connectivity index (χ2v) is 7.98. The van der Waals surface area contributed by atoms with Crippen molar-refractivity contribution < 1.29 is 18.7 Å². The molecule has 1 amide bonds. The molecule has 3 fully saturated rings. The van der Waals surface area contributed by atoms with Crippen LogP contribution in [0.2, 0.25) is 0 Å². The van der Waals surface area contributed by atoms with Gasteiger partial charge in [0.05, 0.1) is 19.1 Å². The molecule has 3 aliphatic heterocycles. The Labute approximate surface area is 160 Å². The smallest absolute Gasteiger partial charge is 0.226 e. The molecular weight excluding hydrogens is 347 g/mol. The zero-order chi connectivity index (χ0) is 18.6. The van der Waals surface area contributed by atoms with Gasteiger partial charge in [-0.25, -0.2) is 4.39 Å². The molecule has 27 heavy (non-hydrogen) atoms. The molecule has 3 heterocycles. The van der Waals surface area contributed by atoms with Crippen molar-refractivity contribution in [2.75, 3.05) is 39.4 Å². The zero-order valence-electron chi connectivity index (χ0n) is 15.8. The summed E-state index contributed by atoms with van der Waals surface area (Å²) in [4.78, 5) is 17.3. The normalized spacial score (nSPS) is 25.8. The Kier molecular flexibility index (Phi) is 6.05. The van der Waals surface area contributed by atoms with Gasteiger partial charge in [0.1, 0.15) is 5.82 Å². The van der Waals surface area contributed by atoms with Crippen LogP contribution in [0.15, 0.2) is 24.3 Å². The van der Waals surface area contributed by atoms with E-state index in [1.165, 1.54) is 6.07 Å². The molecule has 3 aliphatic rings. The monoisotopic (exact) mass is 376 g/mol. The predicted molar refractivity (Wildman–Crippen MR) is 99.4 cm³/mol. The summed E-state index contributed by atoms with van der Waals surface area (Å²) in [5, 5.41) is 0. The van der Waals surface area contributed by atoms with Crippen molar-refractivity contribution in [2.24, 2.45) is 11.8 Å². The summed E-state index contributed by atoms with van der Waals surface area (Å²) in [5.41, 5.74) is 0.973. The molecule has 0 aliphatic carbocycles. The molecule has 0 N–H and O–H groups in total. The Morgan fingerprint density at radius 2 is 1.89 bits per heavy atom. The van der Waals surface area contributed by atoms with Gasteiger partial charge in [-0.1, -0.05) is 12.1 Å². The van der Waals surface area contributed by atoms with Gasteiger partial charge in [-0.3, -0.25) is 9.69 Å². The molecule has 0 bridgehead atoms. The lowest BCUT2D eigenvalue weighted by Gasteiger charge is -2.38. The van der Waals surface area contributed by atoms with Crippen molar-refractivity contribution in [1.29, 1.82) is 0 Å². The van der Waals surface area contributed by atoms with Gasteiger partial charge >= 0.3 is 0 Å². The standard InChI is InChI=1S/C21H29FN2O3/c22-19-5-1-3-16(13-19)14-23-8-2-4-18(15-23)20(25)24-9-6-17(7-10-24)21-26-11-12-27-21/h1,3,5,13,17-18,21H,2,4,6-12,14-15H2. The Hall–Kier alpha value is -1.50. The predicted octanol–water partition coefficient (Wildman–Crippen LogP) is 2.65. The van der Waals surface area contributed by atoms with Crippen molar-refractivity contribution in [2.45, 2.75) is 38.5 Å². The van der Waals surface area contributed by atoms with Gasteiger partial charge in [0.25, 0.3) is 0 Å². The maximum atomic E-state index is 13.4. The minimum Gasteiger partial charge on any atom is -0.350 e. The summed E-state index contributed by atoms with van der Waals surface area (Å²) in [7, 11) is 0. The van der Waals surface area contributed by atoms with Gasteiger partial charge < -0.3 is 14.4 Å². The van der Waals surface area contributed by atoms with Gasteiger partial charge in [-0.05, 0) is 49.9 Å². The molecule has 148 valence electrons. The van der Waals surface area contributed by atoms with E-state index in [1.807, 2.05) is 11.0 Å². The third-order valence-electron chi connectivity index (χ3n) is 6.03. The number of nitrogens with zero attached hydrogens (tertiary/aromatic N) is 2. The number of amides is 1. The molecule has 0 aromatic heterocycles. The first kappa shape index (κ1) is 18.8. The molecule has 6 heteroatoms. The van der Waals surface area contributed by atoms with Crippen LogP contribution in [0.25, 0.3) is 0 Å². The van der Waals surface area contributed by atoms with E-state index in [-0.39, 0.29) is 23.9 Å². The fraction of sp³-hybridized carbons (Fsp3) is 0.667. The largest absolute Gasteiger partial charge is 0.350 e. The second-order valence-electron chi connectivity index (χ2n) is 7.98. The third-order valence-corrected chi connectivity index (χ3v) is 6.03. The molecule has 1 atom stereocenters. The average Bonchev–Trinajstić information content (AvgIpc) is 3.23. The number of halogens is 1. The van der Waals surface area contributed by atoms with Crippen LogP contribution in [-0.4, -0.2) is 61.4 Å². The summed E-state index contributed by atoms with van der Waals surface area (Å²) in [6.07, 6.45) is 3.81. The summed E-state index contributed by atoms with van der Waals surface area (Å²) >= 11 is 0. The van der Waals surface area contributed by atoms with Crippen molar-refractivity contribution >= 4 is 5.91 Å². The number of likely N-dealkylation sites (tertiary alicyclic amines) is 2. The van der Waals surface area contributed by atoms with Crippen molar-refractivity contribution in [3.8, 4) is 0 Å². The Balaban J connectivity index is 1.28. The lowest BCUT2D eigenvalue weighted by Crippen LogP contribution is -2.48. The summed E-state index contributed by atoms with van der Waals surface area (Å²) < 4.78 is 24.7. The number of hydrogen-bond donors (Lipinski definition) is 0. The summed E-state index contributed by atoms with van der Waals surface area (Å²) in [5.74, 6) is 0.552. The third kappa shape index (κ3) is 4.68. The zero-order valence-corrected chi connectivity index (χ0v) is 15.8. The van der Waals surface area contributed by atoms with Crippen LogP contribution in [-0.2, 0) is 20.8 Å². The Morgan fingerprint density at radius 1 is 1.11 bits per heavy atom. The van der Waals surface area contributed by atoms with E-state index in [0.29, 0.717) is 25.7 Å². The Bertz CT molecular complexity index is 642. The van der Waals surface area contributed by atoms with Crippen molar-refractivity contribution in [1.82, 2.24) is 9.80 Å². The number of rotatable bonds is 4. The molecule has 1 aromatic rings. The maximum absolute atomic E-state index is 13.4. The molecule has 3 saturated heterocycles. The van der Waals surface area contributed by atoms with Crippen LogP contribution >= 0.6 is 0 Å². The number of ether oxygens (including phenoxy) is 2. The average molecular weight is 376 g/mol. The van der Waals surface area contributed by atoms with E-state index in [0.717, 1.165) is 57.4 Å². The first-order valence-corrected chi connectivity index (χ1v) is 10.2. The SMILES string of the molecule is O=C(C1CCCN(Cc2cccc(F)c2)C1)N1CCC(C2OCCO2)CC1. The number of carbonyl (C=O) groups is 1. The van der Waals surface area contributed by atoms with Crippen molar-refractivity contribution in [3.63, 3.8) is 0 Å². The number of hydrogen-bond acceptors (Lipinski definition) is 4. The number of carbonyl (C=O) groups excluding carboxylic acids is 1. The molecule has 4 rings (SSSR count). The summed E-state index contributed by atoms with van der Waals surface area (Å²) in [6, 6.07) is 6.76. The first-order chi connectivity index (χ1) is 13.2. The molecule has 0 radical (unpaired) electrons. The molecular formula is C21H29FN2O3. The van der Waals surface area contributed by atoms with Crippen LogP contribution in [0, 0.1) is 17.7 Å². The van der Waals surface area contributed by atoms with E-state index < -0.39 is 0 Å². The van der Waals surface area contributed by atoms with E-state index >= 15 is 0 Å².